The van der Waals surface area contributed by atoms with E-state index in [9.17, 15) is 0 Å². The van der Waals surface area contributed by atoms with E-state index in [2.05, 4.69) is 21.7 Å². The number of nitrogens with zero attached hydrogens (tertiary/aromatic N) is 1. The average molecular weight is 251 g/mol. The van der Waals surface area contributed by atoms with Crippen LogP contribution >= 0.6 is 0 Å². The Kier molecular flexibility index (Phi) is 9.34. The van der Waals surface area contributed by atoms with Crippen LogP contribution in [-0.2, 0) is 11.2 Å². The van der Waals surface area contributed by atoms with Gasteiger partial charge in [-0.3, -0.25) is 4.98 Å². The third kappa shape index (κ3) is 8.17. The van der Waals surface area contributed by atoms with Crippen LogP contribution in [0, 0.1) is 0 Å². The topological polar surface area (TPSA) is 46.2 Å². The zero-order chi connectivity index (χ0) is 12.9. The van der Waals surface area contributed by atoms with Crippen molar-refractivity contribution >= 4 is 0 Å². The Morgan fingerprint density at radius 2 is 1.89 bits per heavy atom. The van der Waals surface area contributed by atoms with Gasteiger partial charge in [0, 0.05) is 26.0 Å². The third-order valence-corrected chi connectivity index (χ3v) is 2.73. The summed E-state index contributed by atoms with van der Waals surface area (Å²) in [7, 11) is 1.73. The number of pyridine rings is 1. The van der Waals surface area contributed by atoms with Crippen LogP contribution < -0.4 is 10.6 Å². The largest absolute Gasteiger partial charge is 0.383 e. The van der Waals surface area contributed by atoms with Gasteiger partial charge in [-0.15, -0.1) is 0 Å². The van der Waals surface area contributed by atoms with E-state index < -0.39 is 0 Å². The van der Waals surface area contributed by atoms with Crippen LogP contribution in [0.3, 0.4) is 0 Å². The molecule has 0 aromatic carbocycles. The van der Waals surface area contributed by atoms with Gasteiger partial charge < -0.3 is 15.4 Å². The minimum Gasteiger partial charge on any atom is -0.383 e. The van der Waals surface area contributed by atoms with Crippen molar-refractivity contribution in [3.63, 3.8) is 0 Å². The summed E-state index contributed by atoms with van der Waals surface area (Å²) >= 11 is 0. The summed E-state index contributed by atoms with van der Waals surface area (Å²) in [6.07, 6.45) is 7.20. The number of aromatic nitrogens is 1. The predicted molar refractivity (Wildman–Crippen MR) is 74.8 cm³/mol. The molecule has 2 N–H and O–H groups in total. The lowest BCUT2D eigenvalue weighted by atomic mass is 10.1. The van der Waals surface area contributed by atoms with Gasteiger partial charge in [-0.25, -0.2) is 0 Å². The van der Waals surface area contributed by atoms with Gasteiger partial charge in [0.25, 0.3) is 0 Å². The third-order valence-electron chi connectivity index (χ3n) is 2.73. The van der Waals surface area contributed by atoms with Gasteiger partial charge in [0.2, 0.25) is 0 Å². The Morgan fingerprint density at radius 3 is 2.61 bits per heavy atom. The summed E-state index contributed by atoms with van der Waals surface area (Å²) in [5.74, 6) is 0. The second kappa shape index (κ2) is 11.1. The fourth-order valence-electron chi connectivity index (χ4n) is 1.73. The van der Waals surface area contributed by atoms with Crippen molar-refractivity contribution in [3.05, 3.63) is 30.1 Å². The smallest absolute Gasteiger partial charge is 0.0587 e. The van der Waals surface area contributed by atoms with Gasteiger partial charge in [0.15, 0.2) is 0 Å². The maximum absolute atomic E-state index is 4.96. The fourth-order valence-corrected chi connectivity index (χ4v) is 1.73. The molecule has 4 nitrogen and oxygen atoms in total. The molecular formula is C14H25N3O. The molecule has 0 atom stereocenters. The van der Waals surface area contributed by atoms with Crippen LogP contribution in [0.5, 0.6) is 0 Å². The van der Waals surface area contributed by atoms with Gasteiger partial charge in [0.05, 0.1) is 6.61 Å². The van der Waals surface area contributed by atoms with E-state index in [0.717, 1.165) is 45.6 Å². The van der Waals surface area contributed by atoms with Gasteiger partial charge in [-0.2, -0.15) is 0 Å². The molecule has 0 saturated carbocycles. The SMILES string of the molecule is COCCNCCCNCCCc1cccnc1. The molecule has 0 fully saturated rings. The molecule has 4 heteroatoms. The Morgan fingerprint density at radius 1 is 1.11 bits per heavy atom. The summed E-state index contributed by atoms with van der Waals surface area (Å²) in [6, 6.07) is 4.13. The Hall–Kier alpha value is -0.970. The van der Waals surface area contributed by atoms with Gasteiger partial charge in [-0.05, 0) is 50.5 Å². The van der Waals surface area contributed by atoms with E-state index >= 15 is 0 Å². The first-order chi connectivity index (χ1) is 8.93. The van der Waals surface area contributed by atoms with E-state index in [4.69, 9.17) is 4.74 Å². The highest BCUT2D eigenvalue weighted by Crippen LogP contribution is 1.98. The minimum atomic E-state index is 0.790. The van der Waals surface area contributed by atoms with Crippen LogP contribution in [0.25, 0.3) is 0 Å². The second-order valence-electron chi connectivity index (χ2n) is 4.31. The van der Waals surface area contributed by atoms with Crippen LogP contribution in [-0.4, -0.2) is 44.9 Å². The summed E-state index contributed by atoms with van der Waals surface area (Å²) in [5, 5.41) is 6.78. The summed E-state index contributed by atoms with van der Waals surface area (Å²) in [6.45, 7) is 4.94. The standard InChI is InChI=1S/C14H25N3O/c1-18-12-11-16-10-4-9-15-7-2-5-14-6-3-8-17-13-14/h3,6,8,13,15-16H,2,4-5,7,9-12H2,1H3. The first kappa shape index (κ1) is 15.1. The van der Waals surface area contributed by atoms with E-state index in [0.29, 0.717) is 0 Å². The Balaban J connectivity index is 1.82. The van der Waals surface area contributed by atoms with Crippen LogP contribution in [0.4, 0.5) is 0 Å². The molecule has 0 aliphatic carbocycles. The van der Waals surface area contributed by atoms with Crippen molar-refractivity contribution in [2.75, 3.05) is 39.9 Å². The summed E-state index contributed by atoms with van der Waals surface area (Å²) in [4.78, 5) is 4.11. The number of nitrogens with one attached hydrogen (secondary N) is 2. The number of aryl methyl sites for hydroxylation is 1. The highest BCUT2D eigenvalue weighted by atomic mass is 16.5. The first-order valence-electron chi connectivity index (χ1n) is 6.73. The molecule has 102 valence electrons. The Labute approximate surface area is 110 Å². The number of methoxy groups -OCH3 is 1. The lowest BCUT2D eigenvalue weighted by Crippen LogP contribution is -2.25. The van der Waals surface area contributed by atoms with Crippen molar-refractivity contribution < 1.29 is 4.74 Å². The molecule has 0 spiro atoms. The maximum atomic E-state index is 4.96. The molecule has 0 saturated heterocycles. The molecule has 1 rings (SSSR count). The highest BCUT2D eigenvalue weighted by molar-refractivity contribution is 5.08. The Bertz CT molecular complexity index is 280. The van der Waals surface area contributed by atoms with E-state index in [1.165, 1.54) is 12.0 Å². The number of hydrogen-bond acceptors (Lipinski definition) is 4. The van der Waals surface area contributed by atoms with Crippen molar-refractivity contribution in [2.45, 2.75) is 19.3 Å². The van der Waals surface area contributed by atoms with Gasteiger partial charge in [-0.1, -0.05) is 6.07 Å². The lowest BCUT2D eigenvalue weighted by Gasteiger charge is -2.06. The van der Waals surface area contributed by atoms with Crippen LogP contribution in [0.2, 0.25) is 0 Å². The van der Waals surface area contributed by atoms with Crippen LogP contribution in [0.1, 0.15) is 18.4 Å². The molecule has 0 aliphatic rings. The monoisotopic (exact) mass is 251 g/mol. The maximum Gasteiger partial charge on any atom is 0.0587 e. The molecular weight excluding hydrogens is 226 g/mol. The second-order valence-corrected chi connectivity index (χ2v) is 4.31. The molecule has 0 bridgehead atoms. The first-order valence-corrected chi connectivity index (χ1v) is 6.73. The van der Waals surface area contributed by atoms with Gasteiger partial charge >= 0.3 is 0 Å². The summed E-state index contributed by atoms with van der Waals surface area (Å²) in [5.41, 5.74) is 1.32. The minimum absolute atomic E-state index is 0.790. The molecule has 0 aliphatic heterocycles. The average Bonchev–Trinajstić information content (AvgIpc) is 2.42. The quantitative estimate of drug-likeness (QED) is 0.581. The lowest BCUT2D eigenvalue weighted by molar-refractivity contribution is 0.199. The van der Waals surface area contributed by atoms with Crippen molar-refractivity contribution in [2.24, 2.45) is 0 Å². The van der Waals surface area contributed by atoms with E-state index in [1.54, 1.807) is 7.11 Å². The normalized spacial score (nSPS) is 10.7. The van der Waals surface area contributed by atoms with Gasteiger partial charge in [0.1, 0.15) is 0 Å². The molecule has 1 aromatic heterocycles. The summed E-state index contributed by atoms with van der Waals surface area (Å²) < 4.78 is 4.96. The zero-order valence-electron chi connectivity index (χ0n) is 11.3. The fraction of sp³-hybridized carbons (Fsp3) is 0.643. The van der Waals surface area contributed by atoms with E-state index in [-0.39, 0.29) is 0 Å². The molecule has 0 unspecified atom stereocenters. The predicted octanol–water partition coefficient (Wildman–Crippen LogP) is 1.23. The molecule has 1 heterocycles. The van der Waals surface area contributed by atoms with Crippen molar-refractivity contribution in [1.82, 2.24) is 15.6 Å². The molecule has 0 radical (unpaired) electrons. The number of hydrogen-bond donors (Lipinski definition) is 2. The highest BCUT2D eigenvalue weighted by Gasteiger charge is 1.93. The molecule has 0 amide bonds. The van der Waals surface area contributed by atoms with E-state index in [1.807, 2.05) is 18.5 Å². The number of rotatable bonds is 11. The number of ether oxygens (including phenoxy) is 1. The van der Waals surface area contributed by atoms with Crippen molar-refractivity contribution in [3.8, 4) is 0 Å². The molecule has 1 aromatic rings. The van der Waals surface area contributed by atoms with Crippen LogP contribution in [0.15, 0.2) is 24.5 Å². The van der Waals surface area contributed by atoms with Crippen molar-refractivity contribution in [1.29, 1.82) is 0 Å². The zero-order valence-corrected chi connectivity index (χ0v) is 11.3. The molecule has 18 heavy (non-hydrogen) atoms.